The average molecular weight is 338 g/mol. The van der Waals surface area contributed by atoms with E-state index < -0.39 is 0 Å². The third kappa shape index (κ3) is 4.20. The van der Waals surface area contributed by atoms with Crippen LogP contribution in [0.15, 0.2) is 42.5 Å². The van der Waals surface area contributed by atoms with Gasteiger partial charge < -0.3 is 10.1 Å². The van der Waals surface area contributed by atoms with E-state index in [1.807, 2.05) is 25.1 Å². The molecule has 3 rings (SSSR count). The first kappa shape index (κ1) is 17.5. The molecule has 1 unspecified atom stereocenters. The molecule has 0 aliphatic carbocycles. The molecule has 1 fully saturated rings. The number of ether oxygens (including phenoxy) is 1. The fourth-order valence-corrected chi connectivity index (χ4v) is 3.56. The summed E-state index contributed by atoms with van der Waals surface area (Å²) in [7, 11) is 1.62. The highest BCUT2D eigenvalue weighted by molar-refractivity contribution is 5.93. The first-order valence-electron chi connectivity index (χ1n) is 8.82. The fourth-order valence-electron chi connectivity index (χ4n) is 3.56. The first-order chi connectivity index (χ1) is 12.1. The van der Waals surface area contributed by atoms with Crippen LogP contribution in [-0.4, -0.2) is 31.0 Å². The van der Waals surface area contributed by atoms with Crippen molar-refractivity contribution in [3.63, 3.8) is 0 Å². The molecule has 132 valence electrons. The van der Waals surface area contributed by atoms with Crippen LogP contribution in [0.3, 0.4) is 0 Å². The molecule has 0 bridgehead atoms. The van der Waals surface area contributed by atoms with Gasteiger partial charge in [0.05, 0.1) is 19.3 Å². The highest BCUT2D eigenvalue weighted by Crippen LogP contribution is 2.32. The summed E-state index contributed by atoms with van der Waals surface area (Å²) in [6, 6.07) is 14.7. The highest BCUT2D eigenvalue weighted by atomic mass is 16.5. The highest BCUT2D eigenvalue weighted by Gasteiger charge is 2.27. The van der Waals surface area contributed by atoms with Crippen molar-refractivity contribution in [1.29, 1.82) is 0 Å². The van der Waals surface area contributed by atoms with Gasteiger partial charge in [-0.3, -0.25) is 9.69 Å². The Kier molecular flexibility index (Phi) is 5.39. The molecule has 0 aromatic heterocycles. The van der Waals surface area contributed by atoms with Crippen LogP contribution in [-0.2, 0) is 4.79 Å². The Morgan fingerprint density at radius 2 is 2.00 bits per heavy atom. The average Bonchev–Trinajstić information content (AvgIpc) is 3.03. The number of benzene rings is 2. The van der Waals surface area contributed by atoms with Gasteiger partial charge in [-0.2, -0.15) is 0 Å². The SMILES string of the molecule is COc1ccc(C)cc1NC(=O)CN1CCCC1c1cccc(C)c1. The number of nitrogens with zero attached hydrogens (tertiary/aromatic N) is 1. The lowest BCUT2D eigenvalue weighted by atomic mass is 10.0. The minimum Gasteiger partial charge on any atom is -0.495 e. The van der Waals surface area contributed by atoms with Gasteiger partial charge in [-0.15, -0.1) is 0 Å². The number of amides is 1. The molecule has 1 heterocycles. The van der Waals surface area contributed by atoms with E-state index in [2.05, 4.69) is 41.4 Å². The van der Waals surface area contributed by atoms with Gasteiger partial charge in [0, 0.05) is 6.04 Å². The molecule has 2 aromatic rings. The molecule has 1 N–H and O–H groups in total. The molecule has 1 aliphatic heterocycles. The molecule has 1 amide bonds. The monoisotopic (exact) mass is 338 g/mol. The largest absolute Gasteiger partial charge is 0.495 e. The number of anilines is 1. The molecule has 0 saturated carbocycles. The molecule has 1 aliphatic rings. The molecule has 0 spiro atoms. The van der Waals surface area contributed by atoms with E-state index in [-0.39, 0.29) is 5.91 Å². The van der Waals surface area contributed by atoms with Crippen molar-refractivity contribution in [2.24, 2.45) is 0 Å². The van der Waals surface area contributed by atoms with Crippen molar-refractivity contribution in [1.82, 2.24) is 4.90 Å². The predicted molar refractivity (Wildman–Crippen MR) is 101 cm³/mol. The van der Waals surface area contributed by atoms with Gasteiger partial charge >= 0.3 is 0 Å². The summed E-state index contributed by atoms with van der Waals surface area (Å²) in [6.45, 7) is 5.47. The standard InChI is InChI=1S/C21H26N2O2/c1-15-6-4-7-17(12-15)19-8-5-11-23(19)14-21(24)22-18-13-16(2)9-10-20(18)25-3/h4,6-7,9-10,12-13,19H,5,8,11,14H2,1-3H3,(H,22,24). The summed E-state index contributed by atoms with van der Waals surface area (Å²) in [6.07, 6.45) is 2.23. The lowest BCUT2D eigenvalue weighted by molar-refractivity contribution is -0.117. The number of rotatable bonds is 5. The molecule has 1 atom stereocenters. The van der Waals surface area contributed by atoms with Crippen LogP contribution < -0.4 is 10.1 Å². The van der Waals surface area contributed by atoms with E-state index in [0.717, 1.165) is 30.6 Å². The van der Waals surface area contributed by atoms with E-state index in [0.29, 0.717) is 18.3 Å². The number of methoxy groups -OCH3 is 1. The van der Waals surface area contributed by atoms with E-state index in [1.165, 1.54) is 11.1 Å². The second-order valence-corrected chi connectivity index (χ2v) is 6.79. The lowest BCUT2D eigenvalue weighted by Gasteiger charge is -2.24. The van der Waals surface area contributed by atoms with Crippen LogP contribution >= 0.6 is 0 Å². The Morgan fingerprint density at radius 3 is 2.76 bits per heavy atom. The van der Waals surface area contributed by atoms with E-state index >= 15 is 0 Å². The maximum absolute atomic E-state index is 12.6. The molecular weight excluding hydrogens is 312 g/mol. The Hall–Kier alpha value is -2.33. The maximum atomic E-state index is 12.6. The zero-order chi connectivity index (χ0) is 17.8. The Labute approximate surface area is 149 Å². The lowest BCUT2D eigenvalue weighted by Crippen LogP contribution is -2.33. The van der Waals surface area contributed by atoms with Gasteiger partial charge in [0.1, 0.15) is 5.75 Å². The molecule has 25 heavy (non-hydrogen) atoms. The van der Waals surface area contributed by atoms with Crippen molar-refractivity contribution in [2.75, 3.05) is 25.5 Å². The number of aryl methyl sites for hydroxylation is 2. The normalized spacial score (nSPS) is 17.5. The second kappa shape index (κ2) is 7.70. The maximum Gasteiger partial charge on any atom is 0.238 e. The van der Waals surface area contributed by atoms with E-state index in [9.17, 15) is 4.79 Å². The predicted octanol–water partition coefficient (Wildman–Crippen LogP) is 4.09. The number of likely N-dealkylation sites (tertiary alicyclic amines) is 1. The molecule has 2 aromatic carbocycles. The number of carbonyl (C=O) groups excluding carboxylic acids is 1. The van der Waals surface area contributed by atoms with Crippen LogP contribution in [0.25, 0.3) is 0 Å². The van der Waals surface area contributed by atoms with Gasteiger partial charge in [0.25, 0.3) is 0 Å². The third-order valence-electron chi connectivity index (χ3n) is 4.77. The van der Waals surface area contributed by atoms with Gasteiger partial charge in [-0.05, 0) is 56.5 Å². The topological polar surface area (TPSA) is 41.6 Å². The zero-order valence-electron chi connectivity index (χ0n) is 15.2. The van der Waals surface area contributed by atoms with Gasteiger partial charge in [0.2, 0.25) is 5.91 Å². The third-order valence-corrected chi connectivity index (χ3v) is 4.77. The zero-order valence-corrected chi connectivity index (χ0v) is 15.2. The van der Waals surface area contributed by atoms with Crippen molar-refractivity contribution >= 4 is 11.6 Å². The fraction of sp³-hybridized carbons (Fsp3) is 0.381. The Balaban J connectivity index is 1.69. The van der Waals surface area contributed by atoms with E-state index in [4.69, 9.17) is 4.74 Å². The second-order valence-electron chi connectivity index (χ2n) is 6.79. The molecule has 1 saturated heterocycles. The quantitative estimate of drug-likeness (QED) is 0.893. The molecular formula is C21H26N2O2. The minimum absolute atomic E-state index is 0.00320. The summed E-state index contributed by atoms with van der Waals surface area (Å²) in [4.78, 5) is 14.9. The molecule has 0 radical (unpaired) electrons. The number of nitrogens with one attached hydrogen (secondary N) is 1. The van der Waals surface area contributed by atoms with Crippen molar-refractivity contribution < 1.29 is 9.53 Å². The Bertz CT molecular complexity index is 757. The van der Waals surface area contributed by atoms with Crippen molar-refractivity contribution in [2.45, 2.75) is 32.7 Å². The number of hydrogen-bond acceptors (Lipinski definition) is 3. The summed E-state index contributed by atoms with van der Waals surface area (Å²) >= 11 is 0. The first-order valence-corrected chi connectivity index (χ1v) is 8.82. The van der Waals surface area contributed by atoms with Crippen LogP contribution in [0.5, 0.6) is 5.75 Å². The van der Waals surface area contributed by atoms with Gasteiger partial charge in [-0.25, -0.2) is 0 Å². The van der Waals surface area contributed by atoms with Crippen LogP contribution in [0.1, 0.15) is 35.6 Å². The molecule has 4 nitrogen and oxygen atoms in total. The summed E-state index contributed by atoms with van der Waals surface area (Å²) in [5.74, 6) is 0.694. The van der Waals surface area contributed by atoms with Gasteiger partial charge in [-0.1, -0.05) is 35.9 Å². The van der Waals surface area contributed by atoms with Crippen LogP contribution in [0.4, 0.5) is 5.69 Å². The summed E-state index contributed by atoms with van der Waals surface area (Å²) in [5, 5.41) is 3.01. The summed E-state index contributed by atoms with van der Waals surface area (Å²) in [5.41, 5.74) is 4.39. The number of hydrogen-bond donors (Lipinski definition) is 1. The smallest absolute Gasteiger partial charge is 0.238 e. The summed E-state index contributed by atoms with van der Waals surface area (Å²) < 4.78 is 5.35. The van der Waals surface area contributed by atoms with Crippen molar-refractivity contribution in [3.8, 4) is 5.75 Å². The van der Waals surface area contributed by atoms with Crippen LogP contribution in [0.2, 0.25) is 0 Å². The number of carbonyl (C=O) groups is 1. The van der Waals surface area contributed by atoms with Crippen LogP contribution in [0, 0.1) is 13.8 Å². The van der Waals surface area contributed by atoms with Crippen molar-refractivity contribution in [3.05, 3.63) is 59.2 Å². The van der Waals surface area contributed by atoms with E-state index in [1.54, 1.807) is 7.11 Å². The van der Waals surface area contributed by atoms with Gasteiger partial charge in [0.15, 0.2) is 0 Å². The molecule has 4 heteroatoms. The Morgan fingerprint density at radius 1 is 1.20 bits per heavy atom. The minimum atomic E-state index is 0.00320.